The highest BCUT2D eigenvalue weighted by Crippen LogP contribution is 2.25. The lowest BCUT2D eigenvalue weighted by Gasteiger charge is -2.16. The van der Waals surface area contributed by atoms with Gasteiger partial charge < -0.3 is 9.64 Å². The monoisotopic (exact) mass is 388 g/mol. The molecule has 3 rings (SSSR count). The van der Waals surface area contributed by atoms with Crippen molar-refractivity contribution < 1.29 is 17.9 Å². The quantitative estimate of drug-likeness (QED) is 0.786. The molecule has 1 heterocycles. The van der Waals surface area contributed by atoms with Crippen LogP contribution in [0, 0.1) is 5.92 Å². The van der Waals surface area contributed by atoms with Crippen LogP contribution in [-0.4, -0.2) is 27.5 Å². The average molecular weight is 388 g/mol. The van der Waals surface area contributed by atoms with Gasteiger partial charge in [0.15, 0.2) is 0 Å². The zero-order valence-corrected chi connectivity index (χ0v) is 16.3. The van der Waals surface area contributed by atoms with Crippen molar-refractivity contribution in [1.29, 1.82) is 0 Å². The van der Waals surface area contributed by atoms with Crippen LogP contribution in [0.4, 0.5) is 11.4 Å². The Bertz CT molecular complexity index is 891. The van der Waals surface area contributed by atoms with Crippen molar-refractivity contribution in [3.05, 3.63) is 48.5 Å². The first-order chi connectivity index (χ1) is 12.8. The van der Waals surface area contributed by atoms with E-state index in [1.54, 1.807) is 41.3 Å². The summed E-state index contributed by atoms with van der Waals surface area (Å²) in [6, 6.07) is 13.2. The highest BCUT2D eigenvalue weighted by molar-refractivity contribution is 7.92. The van der Waals surface area contributed by atoms with Gasteiger partial charge in [0.25, 0.3) is 10.0 Å². The second kappa shape index (κ2) is 8.00. The van der Waals surface area contributed by atoms with E-state index < -0.39 is 10.0 Å². The van der Waals surface area contributed by atoms with Crippen LogP contribution in [0.25, 0.3) is 0 Å². The maximum absolute atomic E-state index is 12.6. The van der Waals surface area contributed by atoms with E-state index in [9.17, 15) is 13.2 Å². The van der Waals surface area contributed by atoms with Crippen LogP contribution in [0.3, 0.4) is 0 Å². The molecule has 1 saturated heterocycles. The van der Waals surface area contributed by atoms with E-state index in [0.29, 0.717) is 36.9 Å². The van der Waals surface area contributed by atoms with E-state index in [1.807, 2.05) is 13.8 Å². The minimum Gasteiger partial charge on any atom is -0.493 e. The number of benzene rings is 2. The Kier molecular flexibility index (Phi) is 5.70. The molecule has 0 unspecified atom stereocenters. The smallest absolute Gasteiger partial charge is 0.261 e. The SMILES string of the molecule is CC(C)COc1ccc(S(=O)(=O)Nc2ccc(N3CCCC3=O)cc2)cc1. The minimum absolute atomic E-state index is 0.100. The first-order valence-corrected chi connectivity index (χ1v) is 10.5. The third kappa shape index (κ3) is 4.80. The molecule has 0 spiro atoms. The average Bonchev–Trinajstić information content (AvgIpc) is 3.07. The van der Waals surface area contributed by atoms with Crippen LogP contribution in [0.2, 0.25) is 0 Å². The molecule has 6 nitrogen and oxygen atoms in total. The molecule has 1 amide bonds. The summed E-state index contributed by atoms with van der Waals surface area (Å²) in [7, 11) is -3.69. The molecule has 0 atom stereocenters. The van der Waals surface area contributed by atoms with Crippen molar-refractivity contribution >= 4 is 27.3 Å². The van der Waals surface area contributed by atoms with Gasteiger partial charge >= 0.3 is 0 Å². The van der Waals surface area contributed by atoms with Crippen LogP contribution < -0.4 is 14.4 Å². The van der Waals surface area contributed by atoms with Crippen LogP contribution in [0.15, 0.2) is 53.4 Å². The molecule has 27 heavy (non-hydrogen) atoms. The fourth-order valence-corrected chi connectivity index (χ4v) is 3.88. The number of anilines is 2. The number of hydrogen-bond donors (Lipinski definition) is 1. The third-order valence-corrected chi connectivity index (χ3v) is 5.62. The lowest BCUT2D eigenvalue weighted by atomic mass is 10.2. The molecule has 0 radical (unpaired) electrons. The van der Waals surface area contributed by atoms with Gasteiger partial charge in [0.1, 0.15) is 5.75 Å². The number of carbonyl (C=O) groups is 1. The van der Waals surface area contributed by atoms with Gasteiger partial charge in [-0.15, -0.1) is 0 Å². The van der Waals surface area contributed by atoms with E-state index in [2.05, 4.69) is 4.72 Å². The summed E-state index contributed by atoms with van der Waals surface area (Å²) in [5, 5.41) is 0. The lowest BCUT2D eigenvalue weighted by Crippen LogP contribution is -2.23. The van der Waals surface area contributed by atoms with E-state index >= 15 is 0 Å². The molecule has 1 aliphatic rings. The topological polar surface area (TPSA) is 75.7 Å². The summed E-state index contributed by atoms with van der Waals surface area (Å²) >= 11 is 0. The zero-order valence-electron chi connectivity index (χ0n) is 15.5. The second-order valence-electron chi connectivity index (χ2n) is 6.98. The van der Waals surface area contributed by atoms with E-state index in [4.69, 9.17) is 4.74 Å². The summed E-state index contributed by atoms with van der Waals surface area (Å²) in [5.74, 6) is 1.14. The fourth-order valence-electron chi connectivity index (χ4n) is 2.82. The molecule has 0 aromatic heterocycles. The predicted molar refractivity (Wildman–Crippen MR) is 106 cm³/mol. The largest absolute Gasteiger partial charge is 0.493 e. The van der Waals surface area contributed by atoms with E-state index in [1.165, 1.54) is 12.1 Å². The minimum atomic E-state index is -3.69. The summed E-state index contributed by atoms with van der Waals surface area (Å²) in [4.78, 5) is 13.7. The fraction of sp³-hybridized carbons (Fsp3) is 0.350. The summed E-state index contributed by atoms with van der Waals surface area (Å²) in [6.45, 7) is 5.38. The number of nitrogens with zero attached hydrogens (tertiary/aromatic N) is 1. The first kappa shape index (κ1) is 19.2. The Hall–Kier alpha value is -2.54. The van der Waals surface area contributed by atoms with Crippen molar-refractivity contribution in [3.63, 3.8) is 0 Å². The molecular formula is C20H24N2O4S. The van der Waals surface area contributed by atoms with Crippen molar-refractivity contribution in [2.75, 3.05) is 22.8 Å². The van der Waals surface area contributed by atoms with E-state index in [-0.39, 0.29) is 10.8 Å². The molecule has 7 heteroatoms. The molecule has 1 fully saturated rings. The van der Waals surface area contributed by atoms with Gasteiger partial charge in [0, 0.05) is 24.3 Å². The summed E-state index contributed by atoms with van der Waals surface area (Å²) < 4.78 is 33.2. The Balaban J connectivity index is 1.68. The molecule has 0 bridgehead atoms. The number of nitrogens with one attached hydrogen (secondary N) is 1. The first-order valence-electron chi connectivity index (χ1n) is 9.01. The molecule has 0 saturated carbocycles. The Morgan fingerprint density at radius 3 is 2.30 bits per heavy atom. The number of sulfonamides is 1. The number of rotatable bonds is 7. The van der Waals surface area contributed by atoms with Crippen LogP contribution in [0.5, 0.6) is 5.75 Å². The van der Waals surface area contributed by atoms with Gasteiger partial charge in [-0.05, 0) is 60.9 Å². The standard InChI is InChI=1S/C20H24N2O4S/c1-15(2)14-26-18-9-11-19(12-10-18)27(24,25)21-16-5-7-17(8-6-16)22-13-3-4-20(22)23/h5-12,15,21H,3-4,13-14H2,1-2H3. The third-order valence-electron chi connectivity index (χ3n) is 4.22. The van der Waals surface area contributed by atoms with Gasteiger partial charge in [0.05, 0.1) is 11.5 Å². The Labute approximate surface area is 160 Å². The van der Waals surface area contributed by atoms with Crippen molar-refractivity contribution in [1.82, 2.24) is 0 Å². The van der Waals surface area contributed by atoms with Crippen LogP contribution in [-0.2, 0) is 14.8 Å². The number of amides is 1. The normalized spacial score (nSPS) is 14.6. The summed E-state index contributed by atoms with van der Waals surface area (Å²) in [6.07, 6.45) is 1.41. The van der Waals surface area contributed by atoms with Gasteiger partial charge in [-0.2, -0.15) is 0 Å². The maximum atomic E-state index is 12.6. The molecule has 144 valence electrons. The second-order valence-corrected chi connectivity index (χ2v) is 8.66. The molecule has 0 aliphatic carbocycles. The van der Waals surface area contributed by atoms with Crippen LogP contribution >= 0.6 is 0 Å². The number of ether oxygens (including phenoxy) is 1. The molecule has 2 aromatic carbocycles. The van der Waals surface area contributed by atoms with Gasteiger partial charge in [-0.1, -0.05) is 13.8 Å². The highest BCUT2D eigenvalue weighted by atomic mass is 32.2. The molecule has 2 aromatic rings. The summed E-state index contributed by atoms with van der Waals surface area (Å²) in [5.41, 5.74) is 1.23. The molecule has 1 aliphatic heterocycles. The Morgan fingerprint density at radius 2 is 1.74 bits per heavy atom. The maximum Gasteiger partial charge on any atom is 0.261 e. The van der Waals surface area contributed by atoms with Gasteiger partial charge in [-0.25, -0.2) is 8.42 Å². The highest BCUT2D eigenvalue weighted by Gasteiger charge is 2.21. The zero-order chi connectivity index (χ0) is 19.4. The molecular weight excluding hydrogens is 364 g/mol. The van der Waals surface area contributed by atoms with Gasteiger partial charge in [0.2, 0.25) is 5.91 Å². The Morgan fingerprint density at radius 1 is 1.07 bits per heavy atom. The van der Waals surface area contributed by atoms with Gasteiger partial charge in [-0.3, -0.25) is 9.52 Å². The van der Waals surface area contributed by atoms with Crippen molar-refractivity contribution in [3.8, 4) is 5.75 Å². The van der Waals surface area contributed by atoms with Crippen molar-refractivity contribution in [2.24, 2.45) is 5.92 Å². The number of hydrogen-bond acceptors (Lipinski definition) is 4. The van der Waals surface area contributed by atoms with Crippen molar-refractivity contribution in [2.45, 2.75) is 31.6 Å². The lowest BCUT2D eigenvalue weighted by molar-refractivity contribution is -0.117. The van der Waals surface area contributed by atoms with E-state index in [0.717, 1.165) is 12.1 Å². The van der Waals surface area contributed by atoms with Crippen LogP contribution in [0.1, 0.15) is 26.7 Å². The number of carbonyl (C=O) groups excluding carboxylic acids is 1. The molecule has 1 N–H and O–H groups in total. The predicted octanol–water partition coefficient (Wildman–Crippen LogP) is 3.65.